The van der Waals surface area contributed by atoms with Gasteiger partial charge in [-0.05, 0) is 68.9 Å². The summed E-state index contributed by atoms with van der Waals surface area (Å²) >= 11 is 0. The summed E-state index contributed by atoms with van der Waals surface area (Å²) in [5.41, 5.74) is 7.63. The summed E-state index contributed by atoms with van der Waals surface area (Å²) in [5, 5.41) is 3.61. The first-order valence-corrected chi connectivity index (χ1v) is 14.6. The number of hydrogen-bond donors (Lipinski definition) is 0. The summed E-state index contributed by atoms with van der Waals surface area (Å²) < 4.78 is 6.71. The van der Waals surface area contributed by atoms with E-state index in [1.54, 1.807) is 24.8 Å². The molecule has 0 N–H and O–H groups in total. The second-order valence-electron chi connectivity index (χ2n) is 10.6. The van der Waals surface area contributed by atoms with Gasteiger partial charge in [0.2, 0.25) is 0 Å². The predicted molar refractivity (Wildman–Crippen MR) is 179 cm³/mol. The minimum absolute atomic E-state index is 0. The third kappa shape index (κ3) is 5.81. The molecule has 0 bridgehead atoms. The molecule has 6 heteroatoms. The summed E-state index contributed by atoms with van der Waals surface area (Å²) in [4.78, 5) is 18.2. The van der Waals surface area contributed by atoms with E-state index in [-0.39, 0.29) is 21.1 Å². The Kier molecular flexibility index (Phi) is 8.16. The summed E-state index contributed by atoms with van der Waals surface area (Å²) in [6, 6.07) is 43.8. The Morgan fingerprint density at radius 2 is 0.913 bits per heavy atom. The number of rotatable bonds is 6. The van der Waals surface area contributed by atoms with Crippen molar-refractivity contribution in [2.45, 2.75) is 0 Å². The van der Waals surface area contributed by atoms with Gasteiger partial charge in [-0.15, -0.1) is 23.3 Å². The van der Waals surface area contributed by atoms with E-state index in [2.05, 4.69) is 70.6 Å². The molecule has 4 aromatic heterocycles. The van der Waals surface area contributed by atoms with Crippen LogP contribution in [0, 0.1) is 12.1 Å². The molecule has 46 heavy (non-hydrogen) atoms. The number of nitrogens with zero attached hydrogens (tertiary/aromatic N) is 4. The number of hydrogen-bond acceptors (Lipinski definition) is 5. The quantitative estimate of drug-likeness (QED) is 0.158. The molecule has 8 aromatic rings. The van der Waals surface area contributed by atoms with Crippen molar-refractivity contribution >= 4 is 21.5 Å². The summed E-state index contributed by atoms with van der Waals surface area (Å²) in [5.74, 6) is 1.07. The summed E-state index contributed by atoms with van der Waals surface area (Å²) in [7, 11) is 0. The Morgan fingerprint density at radius 3 is 1.37 bits per heavy atom. The third-order valence-electron chi connectivity index (χ3n) is 7.79. The zero-order valence-electron chi connectivity index (χ0n) is 24.4. The Balaban J connectivity index is 0.00000338. The molecule has 0 radical (unpaired) electrons. The molecule has 0 saturated carbocycles. The summed E-state index contributed by atoms with van der Waals surface area (Å²) in [6.45, 7) is 0. The number of fused-ring (bicyclic) bond motifs is 2. The van der Waals surface area contributed by atoms with E-state index in [0.29, 0.717) is 11.5 Å². The molecule has 0 spiro atoms. The van der Waals surface area contributed by atoms with Gasteiger partial charge >= 0.3 is 21.1 Å². The van der Waals surface area contributed by atoms with Crippen molar-refractivity contribution in [1.29, 1.82) is 0 Å². The topological polar surface area (TPSA) is 60.8 Å². The minimum Gasteiger partial charge on any atom is -0.495 e. The Hall–Kier alpha value is -5.51. The maximum Gasteiger partial charge on any atom is 2.00 e. The second kappa shape index (κ2) is 12.8. The zero-order valence-corrected chi connectivity index (χ0v) is 26.6. The van der Waals surface area contributed by atoms with Gasteiger partial charge in [-0.3, -0.25) is 9.97 Å². The van der Waals surface area contributed by atoms with Crippen molar-refractivity contribution in [3.05, 3.63) is 159 Å². The first-order chi connectivity index (χ1) is 22.3. The normalized spacial score (nSPS) is 10.9. The van der Waals surface area contributed by atoms with Crippen molar-refractivity contribution in [3.63, 3.8) is 0 Å². The van der Waals surface area contributed by atoms with E-state index in [1.807, 2.05) is 73.1 Å². The molecule has 5 nitrogen and oxygen atoms in total. The molecule has 220 valence electrons. The van der Waals surface area contributed by atoms with Crippen molar-refractivity contribution in [2.24, 2.45) is 0 Å². The molecular formula is C40H24N4OPt. The molecule has 0 aliphatic rings. The van der Waals surface area contributed by atoms with Crippen molar-refractivity contribution in [2.75, 3.05) is 0 Å². The van der Waals surface area contributed by atoms with Crippen LogP contribution in [-0.4, -0.2) is 19.9 Å². The molecule has 0 aliphatic carbocycles. The van der Waals surface area contributed by atoms with Crippen LogP contribution in [0.2, 0.25) is 0 Å². The molecular weight excluding hydrogens is 748 g/mol. The van der Waals surface area contributed by atoms with E-state index in [9.17, 15) is 0 Å². The van der Waals surface area contributed by atoms with Crippen molar-refractivity contribution < 1.29 is 25.8 Å². The number of pyridine rings is 4. The number of benzene rings is 4. The van der Waals surface area contributed by atoms with E-state index in [1.165, 1.54) is 0 Å². The first-order valence-electron chi connectivity index (χ1n) is 14.6. The molecule has 0 saturated heterocycles. The monoisotopic (exact) mass is 771 g/mol. The van der Waals surface area contributed by atoms with Gasteiger partial charge in [0, 0.05) is 24.8 Å². The van der Waals surface area contributed by atoms with Crippen LogP contribution in [0.4, 0.5) is 0 Å². The molecule has 4 heterocycles. The Labute approximate surface area is 280 Å². The second-order valence-corrected chi connectivity index (χ2v) is 10.6. The van der Waals surface area contributed by atoms with Gasteiger partial charge < -0.3 is 14.7 Å². The van der Waals surface area contributed by atoms with E-state index in [0.717, 1.165) is 66.3 Å². The zero-order chi connectivity index (χ0) is 30.0. The SMILES string of the molecule is [Pt+2].[c-]1c(-c2cc(-c3ccccc3)ccn2)cc2ccncc2c1Oc1[c-]c(-c2cc(-c3ccccc3)ccn2)cc2ccncc12. The standard InChI is InChI=1S/C40H24N4O.Pt/c1-3-7-27(8-4-1)29-13-17-43-37(21-29)33-19-31-11-15-41-25-35(31)39(23-33)45-40-24-34(20-32-12-16-42-26-36(32)40)38-22-30(14-18-44-38)28-9-5-2-6-10-28;/h1-22,25-26H;/q-2;+2. The van der Waals surface area contributed by atoms with Crippen LogP contribution >= 0.6 is 0 Å². The summed E-state index contributed by atoms with van der Waals surface area (Å²) in [6.07, 6.45) is 10.8. The van der Waals surface area contributed by atoms with Crippen LogP contribution in [0.25, 0.3) is 66.3 Å². The Bertz CT molecular complexity index is 2150. The van der Waals surface area contributed by atoms with Crippen LogP contribution in [0.15, 0.2) is 146 Å². The number of aromatic nitrogens is 4. The van der Waals surface area contributed by atoms with Crippen LogP contribution in [0.1, 0.15) is 0 Å². The van der Waals surface area contributed by atoms with E-state index < -0.39 is 0 Å². The maximum absolute atomic E-state index is 6.71. The van der Waals surface area contributed by atoms with Crippen molar-refractivity contribution in [1.82, 2.24) is 19.9 Å². The van der Waals surface area contributed by atoms with E-state index >= 15 is 0 Å². The molecule has 8 rings (SSSR count). The molecule has 0 atom stereocenters. The average molecular weight is 772 g/mol. The van der Waals surface area contributed by atoms with Gasteiger partial charge in [0.25, 0.3) is 0 Å². The van der Waals surface area contributed by atoms with Gasteiger partial charge in [-0.1, -0.05) is 108 Å². The van der Waals surface area contributed by atoms with Gasteiger partial charge in [0.05, 0.1) is 11.5 Å². The van der Waals surface area contributed by atoms with Crippen molar-refractivity contribution in [3.8, 4) is 56.3 Å². The maximum atomic E-state index is 6.71. The predicted octanol–water partition coefficient (Wildman–Crippen LogP) is 9.63. The minimum atomic E-state index is 0. The third-order valence-corrected chi connectivity index (χ3v) is 7.79. The molecule has 4 aromatic carbocycles. The fourth-order valence-electron chi connectivity index (χ4n) is 5.52. The van der Waals surface area contributed by atoms with Crippen LogP contribution in [0.5, 0.6) is 11.5 Å². The fraction of sp³-hybridized carbons (Fsp3) is 0. The van der Waals surface area contributed by atoms with E-state index in [4.69, 9.17) is 14.7 Å². The smallest absolute Gasteiger partial charge is 0.495 e. The van der Waals surface area contributed by atoms with Gasteiger partial charge in [-0.25, -0.2) is 0 Å². The molecule has 0 fully saturated rings. The molecule has 0 unspecified atom stereocenters. The molecule has 0 amide bonds. The number of ether oxygens (including phenoxy) is 1. The van der Waals surface area contributed by atoms with Gasteiger partial charge in [-0.2, -0.15) is 0 Å². The Morgan fingerprint density at radius 1 is 0.457 bits per heavy atom. The van der Waals surface area contributed by atoms with Crippen LogP contribution < -0.4 is 4.74 Å². The van der Waals surface area contributed by atoms with Crippen LogP contribution in [-0.2, 0) is 21.1 Å². The van der Waals surface area contributed by atoms with Crippen LogP contribution in [0.3, 0.4) is 0 Å². The van der Waals surface area contributed by atoms with Gasteiger partial charge in [0.1, 0.15) is 0 Å². The van der Waals surface area contributed by atoms with Gasteiger partial charge in [0.15, 0.2) is 0 Å². The largest absolute Gasteiger partial charge is 2.00 e. The first kappa shape index (κ1) is 29.2. The molecule has 0 aliphatic heterocycles. The average Bonchev–Trinajstić information content (AvgIpc) is 3.12. The fourth-order valence-corrected chi connectivity index (χ4v) is 5.52.